The molecule has 20 heavy (non-hydrogen) atoms. The molecular formula is C15H15N3OS. The topological polar surface area (TPSA) is 78.9 Å². The second-order valence-corrected chi connectivity index (χ2v) is 5.68. The van der Waals surface area contributed by atoms with Crippen LogP contribution < -0.4 is 11.1 Å². The maximum atomic E-state index is 12.2. The van der Waals surface area contributed by atoms with Gasteiger partial charge in [0.15, 0.2) is 0 Å². The third-order valence-corrected chi connectivity index (χ3v) is 4.30. The minimum absolute atomic E-state index is 0.216. The van der Waals surface area contributed by atoms with Crippen LogP contribution in [0.5, 0.6) is 0 Å². The zero-order chi connectivity index (χ0) is 14.7. The molecule has 1 aromatic heterocycles. The van der Waals surface area contributed by atoms with Crippen LogP contribution in [0.25, 0.3) is 0 Å². The molecule has 3 N–H and O–H groups in total. The van der Waals surface area contributed by atoms with Gasteiger partial charge < -0.3 is 11.1 Å². The molecular weight excluding hydrogens is 270 g/mol. The SMILES string of the molecule is Cc1sc(NC(=O)c2ccc(CN)cc2)c(C#N)c1C. The summed E-state index contributed by atoms with van der Waals surface area (Å²) in [5, 5.41) is 12.6. The molecule has 102 valence electrons. The van der Waals surface area contributed by atoms with Crippen LogP contribution in [0.4, 0.5) is 5.00 Å². The van der Waals surface area contributed by atoms with E-state index in [1.807, 2.05) is 26.0 Å². The number of hydrogen-bond donors (Lipinski definition) is 2. The van der Waals surface area contributed by atoms with Gasteiger partial charge in [0.05, 0.1) is 5.56 Å². The molecule has 0 saturated carbocycles. The average Bonchev–Trinajstić information content (AvgIpc) is 2.73. The van der Waals surface area contributed by atoms with Crippen molar-refractivity contribution in [3.05, 3.63) is 51.4 Å². The Balaban J connectivity index is 2.23. The first-order chi connectivity index (χ1) is 9.56. The number of carbonyl (C=O) groups is 1. The highest BCUT2D eigenvalue weighted by Crippen LogP contribution is 2.31. The Kier molecular flexibility index (Phi) is 4.18. The van der Waals surface area contributed by atoms with Crippen molar-refractivity contribution in [2.45, 2.75) is 20.4 Å². The number of hydrogen-bond acceptors (Lipinski definition) is 4. The van der Waals surface area contributed by atoms with Gasteiger partial charge in [-0.05, 0) is 37.1 Å². The van der Waals surface area contributed by atoms with Crippen molar-refractivity contribution in [3.63, 3.8) is 0 Å². The summed E-state index contributed by atoms with van der Waals surface area (Å²) in [5.74, 6) is -0.216. The lowest BCUT2D eigenvalue weighted by atomic mass is 10.1. The highest BCUT2D eigenvalue weighted by atomic mass is 32.1. The Hall–Kier alpha value is -2.16. The number of thiophene rings is 1. The molecule has 2 rings (SSSR count). The van der Waals surface area contributed by atoms with Gasteiger partial charge in [-0.25, -0.2) is 0 Å². The predicted molar refractivity (Wildman–Crippen MR) is 80.8 cm³/mol. The number of benzene rings is 1. The van der Waals surface area contributed by atoms with E-state index >= 15 is 0 Å². The molecule has 0 radical (unpaired) electrons. The lowest BCUT2D eigenvalue weighted by Gasteiger charge is -2.04. The first kappa shape index (κ1) is 14.3. The molecule has 0 aliphatic carbocycles. The third kappa shape index (κ3) is 2.72. The summed E-state index contributed by atoms with van der Waals surface area (Å²) in [5.41, 5.74) is 8.51. The van der Waals surface area contributed by atoms with E-state index in [-0.39, 0.29) is 5.91 Å². The van der Waals surface area contributed by atoms with Crippen molar-refractivity contribution < 1.29 is 4.79 Å². The van der Waals surface area contributed by atoms with Crippen LogP contribution in [-0.4, -0.2) is 5.91 Å². The first-order valence-electron chi connectivity index (χ1n) is 6.17. The van der Waals surface area contributed by atoms with E-state index in [1.54, 1.807) is 12.1 Å². The molecule has 0 atom stereocenters. The fourth-order valence-corrected chi connectivity index (χ4v) is 2.82. The van der Waals surface area contributed by atoms with E-state index in [2.05, 4.69) is 11.4 Å². The van der Waals surface area contributed by atoms with Gasteiger partial charge >= 0.3 is 0 Å². The van der Waals surface area contributed by atoms with Crippen LogP contribution in [0.3, 0.4) is 0 Å². The van der Waals surface area contributed by atoms with Gasteiger partial charge in [0.1, 0.15) is 11.1 Å². The molecule has 1 heterocycles. The number of aryl methyl sites for hydroxylation is 1. The van der Waals surface area contributed by atoms with Gasteiger partial charge in [-0.2, -0.15) is 5.26 Å². The number of carbonyl (C=O) groups excluding carboxylic acids is 1. The Bertz CT molecular complexity index is 680. The van der Waals surface area contributed by atoms with E-state index in [9.17, 15) is 4.79 Å². The quantitative estimate of drug-likeness (QED) is 0.910. The van der Waals surface area contributed by atoms with Gasteiger partial charge in [0, 0.05) is 17.0 Å². The summed E-state index contributed by atoms with van der Waals surface area (Å²) in [7, 11) is 0. The monoisotopic (exact) mass is 285 g/mol. The molecule has 1 aromatic carbocycles. The number of anilines is 1. The Morgan fingerprint density at radius 3 is 2.55 bits per heavy atom. The molecule has 2 aromatic rings. The van der Waals surface area contributed by atoms with Crippen LogP contribution in [-0.2, 0) is 6.54 Å². The highest BCUT2D eigenvalue weighted by molar-refractivity contribution is 7.16. The first-order valence-corrected chi connectivity index (χ1v) is 6.99. The van der Waals surface area contributed by atoms with Crippen molar-refractivity contribution in [1.82, 2.24) is 0 Å². The van der Waals surface area contributed by atoms with Gasteiger partial charge in [-0.3, -0.25) is 4.79 Å². The van der Waals surface area contributed by atoms with Crippen LogP contribution in [0.15, 0.2) is 24.3 Å². The predicted octanol–water partition coefficient (Wildman–Crippen LogP) is 2.95. The highest BCUT2D eigenvalue weighted by Gasteiger charge is 2.15. The zero-order valence-electron chi connectivity index (χ0n) is 11.4. The lowest BCUT2D eigenvalue weighted by Crippen LogP contribution is -2.12. The van der Waals surface area contributed by atoms with Gasteiger partial charge in [-0.1, -0.05) is 12.1 Å². The minimum Gasteiger partial charge on any atom is -0.326 e. The molecule has 0 saturated heterocycles. The Morgan fingerprint density at radius 2 is 2.00 bits per heavy atom. The van der Waals surface area contributed by atoms with Crippen LogP contribution in [0, 0.1) is 25.2 Å². The normalized spacial score (nSPS) is 10.1. The summed E-state index contributed by atoms with van der Waals surface area (Å²) in [6.07, 6.45) is 0. The summed E-state index contributed by atoms with van der Waals surface area (Å²) < 4.78 is 0. The number of amides is 1. The minimum atomic E-state index is -0.216. The second kappa shape index (κ2) is 5.87. The van der Waals surface area contributed by atoms with Crippen molar-refractivity contribution in [1.29, 1.82) is 5.26 Å². The largest absolute Gasteiger partial charge is 0.326 e. The molecule has 0 aliphatic rings. The molecule has 1 amide bonds. The maximum Gasteiger partial charge on any atom is 0.256 e. The van der Waals surface area contributed by atoms with Crippen LogP contribution in [0.1, 0.15) is 31.9 Å². The number of nitrogens with two attached hydrogens (primary N) is 1. The fraction of sp³-hybridized carbons (Fsp3) is 0.200. The van der Waals surface area contributed by atoms with E-state index in [0.717, 1.165) is 16.0 Å². The van der Waals surface area contributed by atoms with Crippen molar-refractivity contribution in [2.24, 2.45) is 5.73 Å². The Labute approximate surface area is 121 Å². The summed E-state index contributed by atoms with van der Waals surface area (Å²) in [4.78, 5) is 13.2. The lowest BCUT2D eigenvalue weighted by molar-refractivity contribution is 0.102. The number of nitriles is 1. The van der Waals surface area contributed by atoms with Crippen LogP contribution in [0.2, 0.25) is 0 Å². The second-order valence-electron chi connectivity index (χ2n) is 4.45. The Morgan fingerprint density at radius 1 is 1.35 bits per heavy atom. The molecule has 5 heteroatoms. The standard InChI is InChI=1S/C15H15N3OS/c1-9-10(2)20-15(13(9)8-17)18-14(19)12-5-3-11(7-16)4-6-12/h3-6H,7,16H2,1-2H3,(H,18,19). The van der Waals surface area contributed by atoms with E-state index in [4.69, 9.17) is 11.0 Å². The average molecular weight is 285 g/mol. The fourth-order valence-electron chi connectivity index (χ4n) is 1.82. The van der Waals surface area contributed by atoms with Crippen molar-refractivity contribution in [2.75, 3.05) is 5.32 Å². The van der Waals surface area contributed by atoms with Gasteiger partial charge in [0.25, 0.3) is 5.91 Å². The van der Waals surface area contributed by atoms with Crippen molar-refractivity contribution in [3.8, 4) is 6.07 Å². The third-order valence-electron chi connectivity index (χ3n) is 3.18. The number of nitrogens with zero attached hydrogens (tertiary/aromatic N) is 1. The molecule has 0 fully saturated rings. The molecule has 0 spiro atoms. The van der Waals surface area contributed by atoms with Gasteiger partial charge in [0.2, 0.25) is 0 Å². The van der Waals surface area contributed by atoms with E-state index < -0.39 is 0 Å². The molecule has 4 nitrogen and oxygen atoms in total. The molecule has 0 bridgehead atoms. The molecule has 0 aliphatic heterocycles. The summed E-state index contributed by atoms with van der Waals surface area (Å²) in [6, 6.07) is 9.25. The van der Waals surface area contributed by atoms with Gasteiger partial charge in [-0.15, -0.1) is 11.3 Å². The van der Waals surface area contributed by atoms with E-state index in [0.29, 0.717) is 22.7 Å². The summed E-state index contributed by atoms with van der Waals surface area (Å²) >= 11 is 1.42. The number of nitrogens with one attached hydrogen (secondary N) is 1. The van der Waals surface area contributed by atoms with Crippen LogP contribution >= 0.6 is 11.3 Å². The van der Waals surface area contributed by atoms with Crippen molar-refractivity contribution >= 4 is 22.2 Å². The maximum absolute atomic E-state index is 12.2. The number of rotatable bonds is 3. The summed E-state index contributed by atoms with van der Waals surface area (Å²) in [6.45, 7) is 4.27. The smallest absolute Gasteiger partial charge is 0.256 e. The van der Waals surface area contributed by atoms with E-state index in [1.165, 1.54) is 11.3 Å². The molecule has 0 unspecified atom stereocenters. The zero-order valence-corrected chi connectivity index (χ0v) is 12.2.